The van der Waals surface area contributed by atoms with E-state index in [1.807, 2.05) is 0 Å². The van der Waals surface area contributed by atoms with Gasteiger partial charge in [-0.1, -0.05) is 0 Å². The lowest BCUT2D eigenvalue weighted by atomic mass is 10.3. The van der Waals surface area contributed by atoms with Gasteiger partial charge < -0.3 is 0 Å². The summed E-state index contributed by atoms with van der Waals surface area (Å²) in [6.07, 6.45) is 0. The van der Waals surface area contributed by atoms with Gasteiger partial charge in [0.2, 0.25) is 0 Å². The number of hydrogen-bond acceptors (Lipinski definition) is 4. The first-order chi connectivity index (χ1) is 7.00. The molecule has 0 aromatic heterocycles. The van der Waals surface area contributed by atoms with Crippen LogP contribution in [0, 0.1) is 15.9 Å². The summed E-state index contributed by atoms with van der Waals surface area (Å²) in [7, 11) is 0. The van der Waals surface area contributed by atoms with Crippen LogP contribution in [0.5, 0.6) is 0 Å². The molecule has 0 bridgehead atoms. The molecule has 1 aromatic rings. The Labute approximate surface area is 92.9 Å². The molecule has 15 heavy (non-hydrogen) atoms. The molecule has 0 atom stereocenters. The lowest BCUT2D eigenvalue weighted by Gasteiger charge is -2.01. The van der Waals surface area contributed by atoms with Gasteiger partial charge in [0, 0.05) is 0 Å². The van der Waals surface area contributed by atoms with Gasteiger partial charge in [0.1, 0.15) is 10.7 Å². The maximum atomic E-state index is 12.7. The van der Waals surface area contributed by atoms with E-state index in [4.69, 9.17) is 11.6 Å². The number of amides is 1. The van der Waals surface area contributed by atoms with E-state index >= 15 is 0 Å². The molecular weight excluding hydrogens is 247 g/mol. The van der Waals surface area contributed by atoms with E-state index in [-0.39, 0.29) is 4.90 Å². The van der Waals surface area contributed by atoms with Crippen molar-refractivity contribution in [2.45, 2.75) is 4.90 Å². The van der Waals surface area contributed by atoms with Crippen LogP contribution in [0.4, 0.5) is 14.9 Å². The van der Waals surface area contributed by atoms with Crippen LogP contribution in [-0.4, -0.2) is 10.3 Å². The van der Waals surface area contributed by atoms with E-state index in [0.717, 1.165) is 12.1 Å². The number of nitrogens with one attached hydrogen (secondary N) is 1. The molecule has 80 valence electrons. The van der Waals surface area contributed by atoms with E-state index < -0.39 is 21.8 Å². The van der Waals surface area contributed by atoms with E-state index in [1.165, 1.54) is 6.07 Å². The van der Waals surface area contributed by atoms with Crippen LogP contribution < -0.4 is 4.72 Å². The average Bonchev–Trinajstić information content (AvgIpc) is 2.15. The molecular formula is C7H4ClFN2O3S. The highest BCUT2D eigenvalue weighted by molar-refractivity contribution is 7.98. The largest absolute Gasteiger partial charge is 0.323 e. The summed E-state index contributed by atoms with van der Waals surface area (Å²) in [4.78, 5) is 20.2. The van der Waals surface area contributed by atoms with Crippen LogP contribution >= 0.6 is 23.5 Å². The highest BCUT2D eigenvalue weighted by Gasteiger charge is 2.15. The minimum atomic E-state index is -0.862. The molecule has 8 heteroatoms. The summed E-state index contributed by atoms with van der Waals surface area (Å²) in [5.74, 6) is -0.719. The van der Waals surface area contributed by atoms with Gasteiger partial charge in [-0.2, -0.15) is 0 Å². The van der Waals surface area contributed by atoms with Crippen LogP contribution in [0.3, 0.4) is 0 Å². The number of hydrogen-bond donors (Lipinski definition) is 1. The number of carbonyl (C=O) groups is 1. The smallest absolute Gasteiger partial charge is 0.282 e. The third-order valence-electron chi connectivity index (χ3n) is 1.36. The highest BCUT2D eigenvalue weighted by Crippen LogP contribution is 2.27. The number of nitro groups is 1. The first kappa shape index (κ1) is 11.7. The lowest BCUT2D eigenvalue weighted by molar-refractivity contribution is -0.387. The second kappa shape index (κ2) is 4.94. The van der Waals surface area contributed by atoms with E-state index in [0.29, 0.717) is 11.9 Å². The fraction of sp³-hybridized carbons (Fsp3) is 0. The first-order valence-corrected chi connectivity index (χ1v) is 4.76. The van der Waals surface area contributed by atoms with Crippen molar-refractivity contribution in [3.05, 3.63) is 34.1 Å². The van der Waals surface area contributed by atoms with Gasteiger partial charge in [-0.25, -0.2) is 4.39 Å². The molecule has 5 nitrogen and oxygen atoms in total. The molecule has 1 N–H and O–H groups in total. The summed E-state index contributed by atoms with van der Waals surface area (Å²) < 4.78 is 14.8. The fourth-order valence-corrected chi connectivity index (χ4v) is 1.49. The minimum Gasteiger partial charge on any atom is -0.282 e. The Balaban J connectivity index is 2.95. The van der Waals surface area contributed by atoms with Crippen LogP contribution in [0.15, 0.2) is 23.1 Å². The minimum absolute atomic E-state index is 0.107. The Morgan fingerprint density at radius 2 is 2.27 bits per heavy atom. The zero-order valence-corrected chi connectivity index (χ0v) is 8.64. The molecule has 0 fully saturated rings. The molecule has 1 aromatic carbocycles. The van der Waals surface area contributed by atoms with Crippen molar-refractivity contribution in [2.24, 2.45) is 0 Å². The van der Waals surface area contributed by atoms with Crippen molar-refractivity contribution in [2.75, 3.05) is 0 Å². The summed E-state index contributed by atoms with van der Waals surface area (Å²) in [6.45, 7) is 0. The average molecular weight is 251 g/mol. The van der Waals surface area contributed by atoms with Gasteiger partial charge in [-0.05, 0) is 35.7 Å². The number of nitro benzene ring substituents is 1. The molecule has 0 spiro atoms. The Bertz CT molecular complexity index is 415. The Kier molecular flexibility index (Phi) is 3.87. The Morgan fingerprint density at radius 1 is 1.60 bits per heavy atom. The number of carbonyl (C=O) groups excluding carboxylic acids is 1. The number of halogens is 2. The van der Waals surface area contributed by atoms with E-state index in [1.54, 1.807) is 0 Å². The highest BCUT2D eigenvalue weighted by atomic mass is 35.5. The van der Waals surface area contributed by atoms with E-state index in [2.05, 4.69) is 4.72 Å². The predicted octanol–water partition coefficient (Wildman–Crippen LogP) is 2.69. The Morgan fingerprint density at radius 3 is 2.80 bits per heavy atom. The second-order valence-electron chi connectivity index (χ2n) is 2.35. The third kappa shape index (κ3) is 3.37. The molecule has 0 aliphatic carbocycles. The van der Waals surface area contributed by atoms with Crippen molar-refractivity contribution in [1.29, 1.82) is 0 Å². The molecule has 0 heterocycles. The van der Waals surface area contributed by atoms with Crippen molar-refractivity contribution < 1.29 is 14.1 Å². The molecule has 0 aliphatic heterocycles. The van der Waals surface area contributed by atoms with Gasteiger partial charge in [0.25, 0.3) is 5.69 Å². The van der Waals surface area contributed by atoms with Crippen molar-refractivity contribution in [3.8, 4) is 0 Å². The van der Waals surface area contributed by atoms with Gasteiger partial charge in [-0.15, -0.1) is 0 Å². The lowest BCUT2D eigenvalue weighted by Crippen LogP contribution is -2.06. The van der Waals surface area contributed by atoms with Gasteiger partial charge in [-0.3, -0.25) is 19.6 Å². The zero-order chi connectivity index (χ0) is 11.4. The molecule has 0 saturated heterocycles. The van der Waals surface area contributed by atoms with Crippen LogP contribution in [0.2, 0.25) is 0 Å². The van der Waals surface area contributed by atoms with Crippen molar-refractivity contribution in [1.82, 2.24) is 4.72 Å². The van der Waals surface area contributed by atoms with Crippen molar-refractivity contribution in [3.63, 3.8) is 0 Å². The number of rotatable bonds is 3. The van der Waals surface area contributed by atoms with Crippen LogP contribution in [0.25, 0.3) is 0 Å². The maximum Gasteiger partial charge on any atom is 0.323 e. The molecule has 1 rings (SSSR count). The standard InChI is InChI=1S/C7H4ClFN2O3S/c8-7(12)10-15-6-2-1-4(9)3-5(6)11(13)14/h1-3H,(H,10,12). The summed E-state index contributed by atoms with van der Waals surface area (Å²) in [5, 5.41) is 9.64. The quantitative estimate of drug-likeness (QED) is 0.294. The zero-order valence-electron chi connectivity index (χ0n) is 7.07. The summed E-state index contributed by atoms with van der Waals surface area (Å²) >= 11 is 5.63. The van der Waals surface area contributed by atoms with Crippen molar-refractivity contribution >= 4 is 34.6 Å². The topological polar surface area (TPSA) is 72.2 Å². The molecule has 0 aliphatic rings. The fourth-order valence-electron chi connectivity index (χ4n) is 0.815. The molecule has 0 saturated carbocycles. The summed E-state index contributed by atoms with van der Waals surface area (Å²) in [6, 6.07) is 3.00. The normalized spacial score (nSPS) is 9.73. The van der Waals surface area contributed by atoms with Crippen LogP contribution in [-0.2, 0) is 0 Å². The molecule has 0 radical (unpaired) electrons. The van der Waals surface area contributed by atoms with Gasteiger partial charge in [0.05, 0.1) is 11.0 Å². The second-order valence-corrected chi connectivity index (χ2v) is 3.54. The maximum absolute atomic E-state index is 12.7. The SMILES string of the molecule is O=C(Cl)NSc1ccc(F)cc1[N+](=O)[O-]. The summed E-state index contributed by atoms with van der Waals surface area (Å²) in [5.41, 5.74) is -0.426. The predicted molar refractivity (Wildman–Crippen MR) is 53.3 cm³/mol. The Hall–Kier alpha value is -1.34. The van der Waals surface area contributed by atoms with E-state index in [9.17, 15) is 19.3 Å². The number of nitrogens with zero attached hydrogens (tertiary/aromatic N) is 1. The van der Waals surface area contributed by atoms with Gasteiger partial charge in [0.15, 0.2) is 0 Å². The number of benzene rings is 1. The molecule has 1 amide bonds. The monoisotopic (exact) mass is 250 g/mol. The first-order valence-electron chi connectivity index (χ1n) is 3.57. The van der Waals surface area contributed by atoms with Gasteiger partial charge >= 0.3 is 5.37 Å². The third-order valence-corrected chi connectivity index (χ3v) is 2.42. The molecule has 0 unspecified atom stereocenters. The van der Waals surface area contributed by atoms with Crippen LogP contribution in [0.1, 0.15) is 0 Å².